The van der Waals surface area contributed by atoms with Gasteiger partial charge in [0.05, 0.1) is 0 Å². The van der Waals surface area contributed by atoms with Crippen LogP contribution in [0.15, 0.2) is 42.5 Å². The highest BCUT2D eigenvalue weighted by Crippen LogP contribution is 2.41. The first-order chi connectivity index (χ1) is 27.2. The molecule has 0 heterocycles. The molecule has 0 radical (unpaired) electrons. The van der Waals surface area contributed by atoms with Crippen LogP contribution in [-0.4, -0.2) is 0 Å². The van der Waals surface area contributed by atoms with Crippen LogP contribution in [0, 0.1) is 62.3 Å². The first-order valence-electron chi connectivity index (χ1n) is 22.6. The van der Waals surface area contributed by atoms with E-state index in [2.05, 4.69) is 98.7 Å². The Bertz CT molecular complexity index is 1930. The summed E-state index contributed by atoms with van der Waals surface area (Å²) in [4.78, 5) is 0. The van der Waals surface area contributed by atoms with Gasteiger partial charge in [-0.1, -0.05) is 81.7 Å². The molecular formula is C53H78N4. The summed E-state index contributed by atoms with van der Waals surface area (Å²) in [6.45, 7) is 19.4. The largest absolute Gasteiger partial charge is 0.399 e. The number of hydrogen-bond donors (Lipinski definition) is 4. The predicted molar refractivity (Wildman–Crippen MR) is 251 cm³/mol. The number of hydrogen-bond acceptors (Lipinski definition) is 4. The summed E-state index contributed by atoms with van der Waals surface area (Å²) >= 11 is 0. The number of nitrogen functional groups attached to an aromatic ring is 4. The lowest BCUT2D eigenvalue weighted by Crippen LogP contribution is -2.04. The summed E-state index contributed by atoms with van der Waals surface area (Å²) in [6, 6.07) is 15.3. The zero-order valence-electron chi connectivity index (χ0n) is 37.5. The predicted octanol–water partition coefficient (Wildman–Crippen LogP) is 14.5. The fourth-order valence-electron chi connectivity index (χ4n) is 10.9. The van der Waals surface area contributed by atoms with E-state index in [-0.39, 0.29) is 0 Å². The van der Waals surface area contributed by atoms with Crippen molar-refractivity contribution in [3.8, 4) is 0 Å². The van der Waals surface area contributed by atoms with Crippen LogP contribution in [0.5, 0.6) is 0 Å². The third kappa shape index (κ3) is 10.8. The Hall–Kier alpha value is -3.92. The highest BCUT2D eigenvalue weighted by atomic mass is 14.6. The Morgan fingerprint density at radius 3 is 1.28 bits per heavy atom. The quantitative estimate of drug-likeness (QED) is 0.155. The molecule has 4 aromatic rings. The molecule has 4 aromatic carbocycles. The maximum Gasteiger partial charge on any atom is 0.0376 e. The molecule has 4 aliphatic carbocycles. The van der Waals surface area contributed by atoms with Crippen LogP contribution >= 0.6 is 0 Å². The van der Waals surface area contributed by atoms with E-state index in [0.29, 0.717) is 0 Å². The normalized spacial score (nSPS) is 17.5. The fraction of sp³-hybridized carbons (Fsp3) is 0.547. The molecule has 0 bridgehead atoms. The van der Waals surface area contributed by atoms with Gasteiger partial charge in [-0.2, -0.15) is 0 Å². The topological polar surface area (TPSA) is 104 Å². The van der Waals surface area contributed by atoms with Crippen molar-refractivity contribution in [3.05, 3.63) is 115 Å². The second kappa shape index (κ2) is 20.2. The highest BCUT2D eigenvalue weighted by molar-refractivity contribution is 5.60. The average molecular weight is 771 g/mol. The van der Waals surface area contributed by atoms with Gasteiger partial charge in [-0.05, 0) is 222 Å². The van der Waals surface area contributed by atoms with Crippen molar-refractivity contribution < 1.29 is 0 Å². The fourth-order valence-corrected chi connectivity index (χ4v) is 10.9. The van der Waals surface area contributed by atoms with E-state index in [1.807, 2.05) is 6.07 Å². The van der Waals surface area contributed by atoms with E-state index in [9.17, 15) is 0 Å². The zero-order valence-corrected chi connectivity index (χ0v) is 37.5. The number of aryl methyl sites for hydroxylation is 6. The lowest BCUT2D eigenvalue weighted by molar-refractivity contribution is 0.712. The number of nitrogens with two attached hydrogens (primary N) is 4. The van der Waals surface area contributed by atoms with Gasteiger partial charge >= 0.3 is 0 Å². The van der Waals surface area contributed by atoms with Crippen LogP contribution in [0.3, 0.4) is 0 Å². The third-order valence-electron chi connectivity index (χ3n) is 14.4. The van der Waals surface area contributed by atoms with E-state index in [0.717, 1.165) is 46.4 Å². The molecule has 4 aliphatic rings. The minimum absolute atomic E-state index is 0.771. The van der Waals surface area contributed by atoms with Gasteiger partial charge in [0.25, 0.3) is 0 Å². The molecule has 8 rings (SSSR count). The minimum atomic E-state index is 0.771. The lowest BCUT2D eigenvalue weighted by atomic mass is 9.87. The molecule has 4 saturated carbocycles. The first-order valence-corrected chi connectivity index (χ1v) is 22.6. The molecule has 0 amide bonds. The summed E-state index contributed by atoms with van der Waals surface area (Å²) in [5.74, 6) is 3.10. The Morgan fingerprint density at radius 2 is 0.754 bits per heavy atom. The zero-order chi connectivity index (χ0) is 41.4. The van der Waals surface area contributed by atoms with Gasteiger partial charge in [0.15, 0.2) is 0 Å². The first kappa shape index (κ1) is 44.2. The van der Waals surface area contributed by atoms with Crippen molar-refractivity contribution in [2.75, 3.05) is 22.9 Å². The SMILES string of the molecule is Cc1cc(C)c(C2CCCC2)c(C)c1N.Cc1cc(C)c(C2CCCC2)cc1N.Cc1ccc(C2CCCC2)c(C)c1N.Cc1ccc(N)c(C)c1C1CCCC1. The Labute approximate surface area is 348 Å². The number of anilines is 4. The van der Waals surface area contributed by atoms with E-state index in [1.165, 1.54) is 175 Å². The van der Waals surface area contributed by atoms with Crippen molar-refractivity contribution in [2.24, 2.45) is 0 Å². The third-order valence-corrected chi connectivity index (χ3v) is 14.4. The summed E-state index contributed by atoms with van der Waals surface area (Å²) in [6.07, 6.45) is 21.9. The molecule has 0 aromatic heterocycles. The summed E-state index contributed by atoms with van der Waals surface area (Å²) < 4.78 is 0. The molecule has 0 spiro atoms. The van der Waals surface area contributed by atoms with E-state index < -0.39 is 0 Å². The van der Waals surface area contributed by atoms with Crippen LogP contribution in [-0.2, 0) is 0 Å². The van der Waals surface area contributed by atoms with Crippen molar-refractivity contribution in [1.29, 1.82) is 0 Å². The van der Waals surface area contributed by atoms with Crippen molar-refractivity contribution in [2.45, 2.75) is 189 Å². The standard InChI is InChI=1S/C14H21N.3C13H19N/c1-9-8-10(2)14(15)11(3)13(9)12-6-4-5-7-12;1-9-7-10(2)13(14)8-12(9)11-5-3-4-6-11;1-9-7-8-12(14)10(2)13(9)11-5-3-4-6-11;1-9-7-8-12(10(2)13(9)14)11-5-3-4-6-11/h8,12H,4-7,15H2,1-3H3;3*7-8,11H,3-6,14H2,1-2H3. The molecular weight excluding hydrogens is 693 g/mol. The Morgan fingerprint density at radius 1 is 0.333 bits per heavy atom. The van der Waals surface area contributed by atoms with Crippen molar-refractivity contribution in [1.82, 2.24) is 0 Å². The highest BCUT2D eigenvalue weighted by Gasteiger charge is 2.24. The minimum Gasteiger partial charge on any atom is -0.399 e. The molecule has 0 aliphatic heterocycles. The van der Waals surface area contributed by atoms with Crippen LogP contribution in [0.4, 0.5) is 22.7 Å². The Balaban J connectivity index is 0.000000145. The molecule has 0 atom stereocenters. The molecule has 0 unspecified atom stereocenters. The van der Waals surface area contributed by atoms with Gasteiger partial charge in [0.1, 0.15) is 0 Å². The molecule has 0 saturated heterocycles. The molecule has 4 heteroatoms. The van der Waals surface area contributed by atoms with E-state index in [1.54, 1.807) is 0 Å². The maximum absolute atomic E-state index is 6.12. The van der Waals surface area contributed by atoms with Gasteiger partial charge in [0.2, 0.25) is 0 Å². The Kier molecular flexibility index (Phi) is 15.6. The van der Waals surface area contributed by atoms with Crippen LogP contribution in [0.2, 0.25) is 0 Å². The van der Waals surface area contributed by atoms with Gasteiger partial charge in [-0.25, -0.2) is 0 Å². The molecule has 4 fully saturated rings. The second-order valence-electron chi connectivity index (χ2n) is 18.5. The van der Waals surface area contributed by atoms with Crippen LogP contribution in [0.25, 0.3) is 0 Å². The monoisotopic (exact) mass is 771 g/mol. The van der Waals surface area contributed by atoms with Crippen LogP contribution < -0.4 is 22.9 Å². The number of rotatable bonds is 4. The smallest absolute Gasteiger partial charge is 0.0376 e. The van der Waals surface area contributed by atoms with Crippen molar-refractivity contribution >= 4 is 22.7 Å². The van der Waals surface area contributed by atoms with Gasteiger partial charge in [-0.15, -0.1) is 0 Å². The lowest BCUT2D eigenvalue weighted by Gasteiger charge is -2.19. The molecule has 4 nitrogen and oxygen atoms in total. The van der Waals surface area contributed by atoms with Crippen molar-refractivity contribution in [3.63, 3.8) is 0 Å². The molecule has 57 heavy (non-hydrogen) atoms. The molecule has 310 valence electrons. The van der Waals surface area contributed by atoms with Gasteiger partial charge in [-0.3, -0.25) is 0 Å². The summed E-state index contributed by atoms with van der Waals surface area (Å²) in [5.41, 5.74) is 45.9. The van der Waals surface area contributed by atoms with Gasteiger partial charge in [0, 0.05) is 22.7 Å². The van der Waals surface area contributed by atoms with E-state index >= 15 is 0 Å². The number of benzene rings is 4. The molecule has 8 N–H and O–H groups in total. The van der Waals surface area contributed by atoms with E-state index in [4.69, 9.17) is 22.9 Å². The average Bonchev–Trinajstić information content (AvgIpc) is 4.04. The summed E-state index contributed by atoms with van der Waals surface area (Å²) in [5, 5.41) is 0. The summed E-state index contributed by atoms with van der Waals surface area (Å²) in [7, 11) is 0. The second-order valence-corrected chi connectivity index (χ2v) is 18.5. The van der Waals surface area contributed by atoms with Gasteiger partial charge < -0.3 is 22.9 Å². The van der Waals surface area contributed by atoms with Crippen LogP contribution in [0.1, 0.15) is 199 Å². The maximum atomic E-state index is 6.12.